The van der Waals surface area contributed by atoms with Crippen molar-refractivity contribution in [1.82, 2.24) is 0 Å². The van der Waals surface area contributed by atoms with Gasteiger partial charge in [0.15, 0.2) is 0 Å². The molecule has 0 aliphatic carbocycles. The quantitative estimate of drug-likeness (QED) is 0.257. The van der Waals surface area contributed by atoms with Gasteiger partial charge in [-0.25, -0.2) is 0 Å². The first kappa shape index (κ1) is 30.4. The first-order valence-corrected chi connectivity index (χ1v) is 10.4. The van der Waals surface area contributed by atoms with Crippen LogP contribution in [0.1, 0.15) is 12.8 Å². The summed E-state index contributed by atoms with van der Waals surface area (Å²) in [6, 6.07) is 7.63. The maximum atomic E-state index is 12.6. The van der Waals surface area contributed by atoms with E-state index >= 15 is 0 Å². The third kappa shape index (κ3) is 13.5. The van der Waals surface area contributed by atoms with Crippen LogP contribution in [-0.2, 0) is 9.47 Å². The number of benzene rings is 2. The van der Waals surface area contributed by atoms with Crippen molar-refractivity contribution in [2.75, 3.05) is 45.8 Å². The third-order valence-electron chi connectivity index (χ3n) is 3.65. The zero-order valence-electron chi connectivity index (χ0n) is 18.3. The van der Waals surface area contributed by atoms with E-state index in [-0.39, 0.29) is 10.7 Å². The maximum absolute atomic E-state index is 12.6. The summed E-state index contributed by atoms with van der Waals surface area (Å²) in [6.07, 6.45) is 1.75. The number of hydrogen-bond donors (Lipinski definition) is 2. The molecule has 0 aromatic heterocycles. The summed E-state index contributed by atoms with van der Waals surface area (Å²) in [5, 5.41) is 24.4. The van der Waals surface area contributed by atoms with Gasteiger partial charge in [-0.1, -0.05) is 23.2 Å². The van der Waals surface area contributed by atoms with Gasteiger partial charge in [-0.05, 0) is 43.7 Å². The monoisotopic (exact) mass is 508 g/mol. The number of nitrogens with one attached hydrogen (secondary N) is 1. The molecule has 0 unspecified atom stereocenters. The second-order valence-electron chi connectivity index (χ2n) is 6.18. The molecule has 13 heteroatoms. The maximum Gasteiger partial charge on any atom is 0.304 e. The van der Waals surface area contributed by atoms with Gasteiger partial charge in [0.05, 0.1) is 9.85 Å². The fraction of sp³-hybridized carbons (Fsp3) is 0.400. The van der Waals surface area contributed by atoms with E-state index in [9.17, 15) is 24.6 Å². The van der Waals surface area contributed by atoms with E-state index in [1.54, 1.807) is 20.3 Å². The summed E-state index contributed by atoms with van der Waals surface area (Å²) < 4.78 is 22.2. The lowest BCUT2D eigenvalue weighted by Gasteiger charge is -2.06. The van der Waals surface area contributed by atoms with Crippen LogP contribution in [-0.4, -0.2) is 50.4 Å². The number of hydrogen-bond acceptors (Lipinski definition) is 8. The van der Waals surface area contributed by atoms with E-state index in [0.717, 1.165) is 38.1 Å². The molecule has 0 aliphatic rings. The second kappa shape index (κ2) is 17.9. The highest BCUT2D eigenvalue weighted by atomic mass is 35.5. The lowest BCUT2D eigenvalue weighted by molar-refractivity contribution is -0.387. The zero-order chi connectivity index (χ0) is 25.2. The van der Waals surface area contributed by atoms with E-state index in [2.05, 4.69) is 5.32 Å². The van der Waals surface area contributed by atoms with Crippen LogP contribution < -0.4 is 11.1 Å². The summed E-state index contributed by atoms with van der Waals surface area (Å²) in [5.74, 6) is -0.914. The molecule has 0 fully saturated rings. The molecule has 33 heavy (non-hydrogen) atoms. The normalized spacial score (nSPS) is 9.76. The van der Waals surface area contributed by atoms with Crippen LogP contribution in [0.4, 0.5) is 21.5 Å². The lowest BCUT2D eigenvalue weighted by Crippen LogP contribution is -2.06. The summed E-state index contributed by atoms with van der Waals surface area (Å²) >= 11 is 11.1. The van der Waals surface area contributed by atoms with Crippen molar-refractivity contribution in [2.24, 2.45) is 5.73 Å². The van der Waals surface area contributed by atoms with Crippen LogP contribution in [0.2, 0.25) is 10.0 Å². The number of ether oxygens (including phenoxy) is 2. The Morgan fingerprint density at radius 1 is 0.939 bits per heavy atom. The first-order chi connectivity index (χ1) is 15.7. The molecule has 0 atom stereocenters. The predicted molar refractivity (Wildman–Crippen MR) is 127 cm³/mol. The second-order valence-corrected chi connectivity index (χ2v) is 7.05. The molecule has 0 radical (unpaired) electrons. The predicted octanol–water partition coefficient (Wildman–Crippen LogP) is 5.07. The van der Waals surface area contributed by atoms with Crippen molar-refractivity contribution in [3.63, 3.8) is 0 Å². The van der Waals surface area contributed by atoms with Gasteiger partial charge in [0.2, 0.25) is 5.82 Å². The Balaban J connectivity index is 0.000000520. The van der Waals surface area contributed by atoms with Gasteiger partial charge < -0.3 is 20.5 Å². The van der Waals surface area contributed by atoms with Crippen molar-refractivity contribution in [3.8, 4) is 0 Å². The van der Waals surface area contributed by atoms with E-state index in [0.29, 0.717) is 23.9 Å². The van der Waals surface area contributed by atoms with Crippen LogP contribution in [0.5, 0.6) is 0 Å². The van der Waals surface area contributed by atoms with E-state index in [1.165, 1.54) is 18.2 Å². The van der Waals surface area contributed by atoms with Gasteiger partial charge in [-0.15, -0.1) is 0 Å². The van der Waals surface area contributed by atoms with Gasteiger partial charge in [-0.2, -0.15) is 4.39 Å². The molecule has 0 saturated carbocycles. The summed E-state index contributed by atoms with van der Waals surface area (Å²) in [4.78, 5) is 19.5. The standard InChI is InChI=1S/C10H13ClN2O3.C6H3ClFNO2.C4H11NO/c1-16-6-2-5-12-9-7-8(11)3-4-10(9)13(14)15;7-4-1-2-6(9(10)11)5(8)3-4;1-6-4-2-3-5/h3-4,7,12H,2,5-6H2,1H3;1-3H;2-5H2,1H3. The van der Waals surface area contributed by atoms with Crippen LogP contribution >= 0.6 is 23.2 Å². The van der Waals surface area contributed by atoms with Crippen molar-refractivity contribution in [3.05, 3.63) is 72.5 Å². The van der Waals surface area contributed by atoms with Crippen molar-refractivity contribution in [2.45, 2.75) is 12.8 Å². The van der Waals surface area contributed by atoms with Crippen LogP contribution in [0.3, 0.4) is 0 Å². The van der Waals surface area contributed by atoms with Gasteiger partial charge in [0.25, 0.3) is 5.69 Å². The first-order valence-electron chi connectivity index (χ1n) is 9.63. The largest absolute Gasteiger partial charge is 0.385 e. The number of nitrogens with zero attached hydrogens (tertiary/aromatic N) is 2. The minimum absolute atomic E-state index is 0.0295. The summed E-state index contributed by atoms with van der Waals surface area (Å²) in [7, 11) is 3.29. The molecule has 0 saturated heterocycles. The molecule has 3 N–H and O–H groups in total. The SMILES string of the molecule is COCCCN.COCCCNc1cc(Cl)ccc1[N+](=O)[O-].O=[N+]([O-])c1ccc(Cl)cc1F. The highest BCUT2D eigenvalue weighted by molar-refractivity contribution is 6.31. The van der Waals surface area contributed by atoms with Crippen molar-refractivity contribution >= 4 is 40.3 Å². The number of anilines is 1. The Morgan fingerprint density at radius 2 is 1.45 bits per heavy atom. The Morgan fingerprint density at radius 3 is 1.91 bits per heavy atom. The van der Waals surface area contributed by atoms with Gasteiger partial charge >= 0.3 is 5.69 Å². The fourth-order valence-corrected chi connectivity index (χ4v) is 2.44. The van der Waals surface area contributed by atoms with Crippen molar-refractivity contribution < 1.29 is 23.7 Å². The van der Waals surface area contributed by atoms with E-state index < -0.39 is 21.4 Å². The minimum atomic E-state index is -0.914. The molecule has 2 rings (SSSR count). The van der Waals surface area contributed by atoms with Crippen LogP contribution in [0, 0.1) is 26.0 Å². The number of nitrogens with two attached hydrogens (primary N) is 1. The number of rotatable bonds is 10. The molecule has 2 aromatic carbocycles. The van der Waals surface area contributed by atoms with E-state index in [1.807, 2.05) is 0 Å². The molecule has 2 aromatic rings. The Hall–Kier alpha value is -2.57. The fourth-order valence-electron chi connectivity index (χ4n) is 2.11. The zero-order valence-corrected chi connectivity index (χ0v) is 19.8. The molecule has 0 spiro atoms. The number of nitro benzene ring substituents is 2. The Labute approximate surface area is 201 Å². The van der Waals surface area contributed by atoms with Gasteiger partial charge in [0.1, 0.15) is 5.69 Å². The molecule has 184 valence electrons. The molecular formula is C20H27Cl2FN4O6. The molecule has 0 aliphatic heterocycles. The van der Waals surface area contributed by atoms with Gasteiger partial charge in [0, 0.05) is 56.2 Å². The number of methoxy groups -OCH3 is 2. The van der Waals surface area contributed by atoms with Gasteiger partial charge in [-0.3, -0.25) is 20.2 Å². The lowest BCUT2D eigenvalue weighted by atomic mass is 10.2. The smallest absolute Gasteiger partial charge is 0.304 e. The Kier molecular flexibility index (Phi) is 16.5. The average Bonchev–Trinajstić information content (AvgIpc) is 2.75. The summed E-state index contributed by atoms with van der Waals surface area (Å²) in [6.45, 7) is 2.74. The van der Waals surface area contributed by atoms with E-state index in [4.69, 9.17) is 38.4 Å². The minimum Gasteiger partial charge on any atom is -0.385 e. The summed E-state index contributed by atoms with van der Waals surface area (Å²) in [5.41, 5.74) is 5.04. The number of halogens is 3. The Bertz CT molecular complexity index is 872. The highest BCUT2D eigenvalue weighted by Gasteiger charge is 2.13. The van der Waals surface area contributed by atoms with Crippen molar-refractivity contribution in [1.29, 1.82) is 0 Å². The number of nitro groups is 2. The topological polar surface area (TPSA) is 143 Å². The molecule has 0 bridgehead atoms. The van der Waals surface area contributed by atoms with Crippen LogP contribution in [0.15, 0.2) is 36.4 Å². The highest BCUT2D eigenvalue weighted by Crippen LogP contribution is 2.27. The molecule has 10 nitrogen and oxygen atoms in total. The molecular weight excluding hydrogens is 482 g/mol. The molecule has 0 heterocycles. The van der Waals surface area contributed by atoms with Crippen LogP contribution in [0.25, 0.3) is 0 Å². The third-order valence-corrected chi connectivity index (χ3v) is 4.13. The molecule has 0 amide bonds. The average molecular weight is 509 g/mol.